The van der Waals surface area contributed by atoms with Gasteiger partial charge in [0.1, 0.15) is 23.7 Å². The van der Waals surface area contributed by atoms with Crippen molar-refractivity contribution in [1.29, 1.82) is 0 Å². The summed E-state index contributed by atoms with van der Waals surface area (Å²) in [5, 5.41) is 3.00. The second-order valence-corrected chi connectivity index (χ2v) is 8.73. The van der Waals surface area contributed by atoms with Crippen molar-refractivity contribution < 1.29 is 18.8 Å². The number of nitrogens with zero attached hydrogens (tertiary/aromatic N) is 3. The van der Waals surface area contributed by atoms with Crippen LogP contribution in [0.5, 0.6) is 0 Å². The minimum atomic E-state index is -1.28. The van der Waals surface area contributed by atoms with E-state index in [2.05, 4.69) is 10.3 Å². The van der Waals surface area contributed by atoms with Crippen molar-refractivity contribution in [3.63, 3.8) is 0 Å². The summed E-state index contributed by atoms with van der Waals surface area (Å²) in [4.78, 5) is 46.4. The van der Waals surface area contributed by atoms with Gasteiger partial charge in [-0.2, -0.15) is 4.99 Å². The summed E-state index contributed by atoms with van der Waals surface area (Å²) in [6.07, 6.45) is 9.17. The van der Waals surface area contributed by atoms with Crippen LogP contribution in [-0.4, -0.2) is 46.6 Å². The van der Waals surface area contributed by atoms with Crippen LogP contribution < -0.4 is 10.2 Å². The molecule has 0 aromatic heterocycles. The number of amidine groups is 1. The molecule has 3 aliphatic rings. The number of rotatable bonds is 5. The van der Waals surface area contributed by atoms with Crippen LogP contribution in [0.15, 0.2) is 53.2 Å². The molecule has 0 saturated heterocycles. The Balaban J connectivity index is 1.67. The molecule has 0 radical (unpaired) electrons. The fourth-order valence-corrected chi connectivity index (χ4v) is 4.72. The van der Waals surface area contributed by atoms with Crippen molar-refractivity contribution in [1.82, 2.24) is 10.2 Å². The zero-order valence-electron chi connectivity index (χ0n) is 18.3. The fraction of sp³-hybridized carbons (Fsp3) is 0.417. The molecule has 168 valence electrons. The number of amides is 3. The lowest BCUT2D eigenvalue weighted by Gasteiger charge is -2.46. The predicted molar refractivity (Wildman–Crippen MR) is 119 cm³/mol. The number of benzene rings is 1. The summed E-state index contributed by atoms with van der Waals surface area (Å²) in [7, 11) is 0. The molecule has 32 heavy (non-hydrogen) atoms. The molecular formula is C24H27FN4O3. The van der Waals surface area contributed by atoms with Crippen LogP contribution in [-0.2, 0) is 14.4 Å². The summed E-state index contributed by atoms with van der Waals surface area (Å²) in [6.45, 7) is 3.31. The zero-order chi connectivity index (χ0) is 22.9. The van der Waals surface area contributed by atoms with Crippen LogP contribution in [0.4, 0.5) is 10.1 Å². The van der Waals surface area contributed by atoms with E-state index in [9.17, 15) is 18.8 Å². The first kappa shape index (κ1) is 21.9. The Morgan fingerprint density at radius 1 is 1.25 bits per heavy atom. The number of carbonyl (C=O) groups is 3. The van der Waals surface area contributed by atoms with Gasteiger partial charge in [0, 0.05) is 17.4 Å². The Labute approximate surface area is 186 Å². The van der Waals surface area contributed by atoms with Crippen molar-refractivity contribution in [2.75, 3.05) is 11.4 Å². The van der Waals surface area contributed by atoms with Gasteiger partial charge < -0.3 is 15.1 Å². The highest BCUT2D eigenvalue weighted by molar-refractivity contribution is 6.13. The molecule has 3 amide bonds. The summed E-state index contributed by atoms with van der Waals surface area (Å²) in [5.41, 5.74) is -0.115. The topological polar surface area (TPSA) is 82.1 Å². The molecule has 2 aliphatic heterocycles. The molecule has 0 spiro atoms. The molecule has 4 rings (SSSR count). The molecule has 1 saturated carbocycles. The Kier molecular flexibility index (Phi) is 5.95. The van der Waals surface area contributed by atoms with Gasteiger partial charge >= 0.3 is 0 Å². The first-order valence-electron chi connectivity index (χ1n) is 10.9. The number of aliphatic imine (C=N–C) groups is 1. The monoisotopic (exact) mass is 438 g/mol. The molecule has 1 N–H and O–H groups in total. The largest absolute Gasteiger partial charge is 0.352 e. The number of carbonyl (C=O) groups excluding carboxylic acids is 3. The van der Waals surface area contributed by atoms with Crippen LogP contribution in [0.25, 0.3) is 0 Å². The Morgan fingerprint density at radius 2 is 1.94 bits per heavy atom. The van der Waals surface area contributed by atoms with Gasteiger partial charge in [-0.15, -0.1) is 0 Å². The van der Waals surface area contributed by atoms with Gasteiger partial charge in [0.05, 0.1) is 6.42 Å². The van der Waals surface area contributed by atoms with Crippen molar-refractivity contribution in [3.8, 4) is 0 Å². The van der Waals surface area contributed by atoms with Crippen LogP contribution in [0, 0.1) is 5.82 Å². The molecule has 1 aliphatic carbocycles. The highest BCUT2D eigenvalue weighted by Gasteiger charge is 2.49. The van der Waals surface area contributed by atoms with Crippen LogP contribution in [0.1, 0.15) is 46.0 Å². The summed E-state index contributed by atoms with van der Waals surface area (Å²) < 4.78 is 13.6. The van der Waals surface area contributed by atoms with E-state index in [0.717, 1.165) is 31.4 Å². The minimum absolute atomic E-state index is 0.107. The SMILES string of the molecule is CC1=CC=CC2=NC(=O)C[C@](C)(C(=O)N(CC(=O)NC3CCCC3)c3ccc(F)cc3)N12. The van der Waals surface area contributed by atoms with Gasteiger partial charge in [0.15, 0.2) is 0 Å². The van der Waals surface area contributed by atoms with E-state index >= 15 is 0 Å². The van der Waals surface area contributed by atoms with E-state index < -0.39 is 23.2 Å². The molecule has 1 aromatic carbocycles. The number of nitrogens with one attached hydrogen (secondary N) is 1. The number of allylic oxidation sites excluding steroid dienone is 3. The zero-order valence-corrected chi connectivity index (χ0v) is 18.3. The lowest BCUT2D eigenvalue weighted by Crippen LogP contribution is -2.63. The molecule has 0 unspecified atom stereocenters. The van der Waals surface area contributed by atoms with Gasteiger partial charge in [-0.25, -0.2) is 4.39 Å². The van der Waals surface area contributed by atoms with Crippen molar-refractivity contribution in [2.45, 2.75) is 57.5 Å². The van der Waals surface area contributed by atoms with E-state index in [1.807, 2.05) is 13.0 Å². The smallest absolute Gasteiger partial charge is 0.254 e. The minimum Gasteiger partial charge on any atom is -0.352 e. The quantitative estimate of drug-likeness (QED) is 0.766. The molecule has 1 aromatic rings. The average Bonchev–Trinajstić information content (AvgIpc) is 3.25. The first-order chi connectivity index (χ1) is 15.3. The van der Waals surface area contributed by atoms with Gasteiger partial charge in [-0.3, -0.25) is 14.4 Å². The lowest BCUT2D eigenvalue weighted by atomic mass is 9.89. The molecule has 7 nitrogen and oxygen atoms in total. The van der Waals surface area contributed by atoms with Gasteiger partial charge in [-0.1, -0.05) is 18.9 Å². The van der Waals surface area contributed by atoms with Crippen molar-refractivity contribution in [2.24, 2.45) is 4.99 Å². The fourth-order valence-electron chi connectivity index (χ4n) is 4.72. The summed E-state index contributed by atoms with van der Waals surface area (Å²) in [5.74, 6) is -1.15. The number of hydrogen-bond acceptors (Lipinski definition) is 4. The first-order valence-corrected chi connectivity index (χ1v) is 10.9. The number of fused-ring (bicyclic) bond motifs is 1. The molecule has 8 heteroatoms. The Hall–Kier alpha value is -3.29. The van der Waals surface area contributed by atoms with E-state index in [0.29, 0.717) is 11.5 Å². The standard InChI is InChI=1S/C24H27FN4O3/c1-16-6-5-9-20-27-21(30)14-24(2,29(16)20)23(32)28(19-12-10-17(25)11-13-19)15-22(31)26-18-7-3-4-8-18/h5-6,9-13,18H,3-4,7-8,14-15H2,1-2H3,(H,26,31)/t24-/m1/s1. The van der Waals surface area contributed by atoms with Crippen molar-refractivity contribution >= 4 is 29.2 Å². The highest BCUT2D eigenvalue weighted by atomic mass is 19.1. The maximum atomic E-state index is 14.0. The normalized spacial score (nSPS) is 22.8. The molecule has 1 atom stereocenters. The predicted octanol–water partition coefficient (Wildman–Crippen LogP) is 3.08. The van der Waals surface area contributed by atoms with E-state index in [1.165, 1.54) is 29.2 Å². The maximum Gasteiger partial charge on any atom is 0.254 e. The van der Waals surface area contributed by atoms with Crippen LogP contribution >= 0.6 is 0 Å². The number of hydrogen-bond donors (Lipinski definition) is 1. The van der Waals surface area contributed by atoms with E-state index in [-0.39, 0.29) is 24.9 Å². The second kappa shape index (κ2) is 8.68. The molecule has 2 heterocycles. The molecule has 0 bridgehead atoms. The third-order valence-corrected chi connectivity index (χ3v) is 6.26. The Bertz CT molecular complexity index is 1020. The maximum absolute atomic E-state index is 14.0. The number of anilines is 1. The summed E-state index contributed by atoms with van der Waals surface area (Å²) in [6, 6.07) is 5.55. The van der Waals surface area contributed by atoms with Crippen LogP contribution in [0.2, 0.25) is 0 Å². The second-order valence-electron chi connectivity index (χ2n) is 8.73. The third-order valence-electron chi connectivity index (χ3n) is 6.26. The summed E-state index contributed by atoms with van der Waals surface area (Å²) >= 11 is 0. The lowest BCUT2D eigenvalue weighted by molar-refractivity contribution is -0.133. The number of halogens is 1. The van der Waals surface area contributed by atoms with Crippen LogP contribution in [0.3, 0.4) is 0 Å². The van der Waals surface area contributed by atoms with Crippen molar-refractivity contribution in [3.05, 3.63) is 54.0 Å². The van der Waals surface area contributed by atoms with Gasteiger partial charge in [0.25, 0.3) is 11.8 Å². The van der Waals surface area contributed by atoms with Gasteiger partial charge in [-0.05, 0) is 63.1 Å². The molecular weight excluding hydrogens is 411 g/mol. The Morgan fingerprint density at radius 3 is 2.62 bits per heavy atom. The third kappa shape index (κ3) is 4.22. The van der Waals surface area contributed by atoms with E-state index in [4.69, 9.17) is 0 Å². The van der Waals surface area contributed by atoms with Gasteiger partial charge in [0.2, 0.25) is 5.91 Å². The van der Waals surface area contributed by atoms with E-state index in [1.54, 1.807) is 24.0 Å². The molecule has 1 fully saturated rings. The average molecular weight is 439 g/mol. The highest BCUT2D eigenvalue weighted by Crippen LogP contribution is 2.34.